The van der Waals surface area contributed by atoms with E-state index >= 15 is 0 Å². The van der Waals surface area contributed by atoms with E-state index in [1.165, 1.54) is 31.3 Å². The summed E-state index contributed by atoms with van der Waals surface area (Å²) in [6.45, 7) is 0.761. The lowest BCUT2D eigenvalue weighted by Gasteiger charge is -2.12. The van der Waals surface area contributed by atoms with Gasteiger partial charge in [0.05, 0.1) is 5.75 Å². The standard InChI is InChI=1S/C17H22ClNOS/c18-16-9-5-4-8-15(16)12-21-13-17(20)19-11-10-14-6-2-1-3-7-14/h4-6,8-9H,1-3,7,10-13H2,(H,19,20). The molecule has 0 saturated carbocycles. The van der Waals surface area contributed by atoms with Crippen molar-refractivity contribution in [3.8, 4) is 0 Å². The minimum atomic E-state index is 0.114. The summed E-state index contributed by atoms with van der Waals surface area (Å²) in [6.07, 6.45) is 8.36. The second kappa shape index (κ2) is 9.16. The number of halogens is 1. The zero-order valence-corrected chi connectivity index (χ0v) is 13.8. The van der Waals surface area contributed by atoms with E-state index in [2.05, 4.69) is 11.4 Å². The molecule has 1 aromatic rings. The highest BCUT2D eigenvalue weighted by molar-refractivity contribution is 7.99. The van der Waals surface area contributed by atoms with Gasteiger partial charge in [-0.05, 0) is 43.7 Å². The molecule has 2 nitrogen and oxygen atoms in total. The van der Waals surface area contributed by atoms with Crippen LogP contribution in [0.3, 0.4) is 0 Å². The van der Waals surface area contributed by atoms with Crippen molar-refractivity contribution in [2.24, 2.45) is 0 Å². The van der Waals surface area contributed by atoms with Crippen molar-refractivity contribution in [3.05, 3.63) is 46.5 Å². The van der Waals surface area contributed by atoms with Gasteiger partial charge in [0, 0.05) is 17.3 Å². The van der Waals surface area contributed by atoms with E-state index in [1.54, 1.807) is 11.8 Å². The van der Waals surface area contributed by atoms with Crippen LogP contribution in [0.4, 0.5) is 0 Å². The molecular weight excluding hydrogens is 302 g/mol. The maximum absolute atomic E-state index is 11.8. The van der Waals surface area contributed by atoms with Gasteiger partial charge in [-0.3, -0.25) is 4.79 Å². The van der Waals surface area contributed by atoms with Crippen LogP contribution >= 0.6 is 23.4 Å². The maximum Gasteiger partial charge on any atom is 0.230 e. The van der Waals surface area contributed by atoms with Crippen LogP contribution in [0.1, 0.15) is 37.7 Å². The Hall–Kier alpha value is -0.930. The number of allylic oxidation sites excluding steroid dienone is 1. The SMILES string of the molecule is O=C(CSCc1ccccc1Cl)NCCC1=CCCCC1. The molecule has 114 valence electrons. The third kappa shape index (κ3) is 6.15. The number of hydrogen-bond donors (Lipinski definition) is 1. The van der Waals surface area contributed by atoms with Crippen LogP contribution < -0.4 is 5.32 Å². The first-order valence-corrected chi connectivity index (χ1v) is 9.05. The van der Waals surface area contributed by atoms with Crippen LogP contribution in [0.5, 0.6) is 0 Å². The Kier molecular flexibility index (Phi) is 7.17. The number of thioether (sulfide) groups is 1. The smallest absolute Gasteiger partial charge is 0.230 e. The zero-order valence-electron chi connectivity index (χ0n) is 12.2. The summed E-state index contributed by atoms with van der Waals surface area (Å²) in [5, 5.41) is 3.77. The van der Waals surface area contributed by atoms with Crippen molar-refractivity contribution < 1.29 is 4.79 Å². The van der Waals surface area contributed by atoms with Gasteiger partial charge in [-0.25, -0.2) is 0 Å². The van der Waals surface area contributed by atoms with Gasteiger partial charge in [-0.2, -0.15) is 0 Å². The minimum Gasteiger partial charge on any atom is -0.355 e. The fourth-order valence-electron chi connectivity index (χ4n) is 2.41. The van der Waals surface area contributed by atoms with E-state index in [-0.39, 0.29) is 5.91 Å². The lowest BCUT2D eigenvalue weighted by Crippen LogP contribution is -2.26. The van der Waals surface area contributed by atoms with E-state index in [4.69, 9.17) is 11.6 Å². The molecule has 0 spiro atoms. The molecule has 1 amide bonds. The van der Waals surface area contributed by atoms with Crippen LogP contribution in [-0.4, -0.2) is 18.2 Å². The lowest BCUT2D eigenvalue weighted by molar-refractivity contribution is -0.118. The van der Waals surface area contributed by atoms with E-state index in [9.17, 15) is 4.79 Å². The molecule has 0 heterocycles. The van der Waals surface area contributed by atoms with Crippen LogP contribution in [0.2, 0.25) is 5.02 Å². The zero-order chi connectivity index (χ0) is 14.9. The lowest BCUT2D eigenvalue weighted by atomic mass is 9.97. The molecule has 1 aliphatic carbocycles. The molecule has 0 saturated heterocycles. The van der Waals surface area contributed by atoms with Crippen molar-refractivity contribution in [2.75, 3.05) is 12.3 Å². The summed E-state index contributed by atoms with van der Waals surface area (Å²) in [4.78, 5) is 11.8. The van der Waals surface area contributed by atoms with Gasteiger partial charge in [0.2, 0.25) is 5.91 Å². The van der Waals surface area contributed by atoms with Crippen LogP contribution in [0.25, 0.3) is 0 Å². The van der Waals surface area contributed by atoms with Crippen LogP contribution in [0, 0.1) is 0 Å². The van der Waals surface area contributed by atoms with Crippen LogP contribution in [0.15, 0.2) is 35.9 Å². The first kappa shape index (κ1) is 16.4. The number of amides is 1. The third-order valence-electron chi connectivity index (χ3n) is 3.60. The molecule has 4 heteroatoms. The summed E-state index contributed by atoms with van der Waals surface area (Å²) in [5.74, 6) is 1.38. The first-order valence-electron chi connectivity index (χ1n) is 7.51. The van der Waals surface area contributed by atoms with Gasteiger partial charge in [0.25, 0.3) is 0 Å². The fourth-order valence-corrected chi connectivity index (χ4v) is 3.56. The number of carbonyl (C=O) groups is 1. The van der Waals surface area contributed by atoms with Gasteiger partial charge in [-0.1, -0.05) is 41.4 Å². The average molecular weight is 324 g/mol. The highest BCUT2D eigenvalue weighted by atomic mass is 35.5. The van der Waals surface area contributed by atoms with Gasteiger partial charge >= 0.3 is 0 Å². The van der Waals surface area contributed by atoms with E-state index in [0.29, 0.717) is 5.75 Å². The fraction of sp³-hybridized carbons (Fsp3) is 0.471. The molecule has 0 aliphatic heterocycles. The molecule has 1 aromatic carbocycles. The molecule has 1 N–H and O–H groups in total. The molecule has 0 radical (unpaired) electrons. The third-order valence-corrected chi connectivity index (χ3v) is 4.95. The normalized spacial score (nSPS) is 14.6. The Bertz CT molecular complexity index is 501. The maximum atomic E-state index is 11.8. The molecule has 2 rings (SSSR count). The second-order valence-corrected chi connectivity index (χ2v) is 6.69. The second-order valence-electron chi connectivity index (χ2n) is 5.29. The molecule has 0 bridgehead atoms. The Labute approximate surface area is 136 Å². The highest BCUT2D eigenvalue weighted by Crippen LogP contribution is 2.21. The van der Waals surface area contributed by atoms with E-state index in [1.807, 2.05) is 24.3 Å². The Morgan fingerprint density at radius 3 is 2.90 bits per heavy atom. The number of nitrogens with one attached hydrogen (secondary N) is 1. The highest BCUT2D eigenvalue weighted by Gasteiger charge is 2.06. The summed E-state index contributed by atoms with van der Waals surface area (Å²) in [5.41, 5.74) is 2.59. The summed E-state index contributed by atoms with van der Waals surface area (Å²) in [7, 11) is 0. The monoisotopic (exact) mass is 323 g/mol. The van der Waals surface area contributed by atoms with Gasteiger partial charge < -0.3 is 5.32 Å². The summed E-state index contributed by atoms with van der Waals surface area (Å²) in [6, 6.07) is 7.78. The molecular formula is C17H22ClNOS. The molecule has 0 fully saturated rings. The van der Waals surface area contributed by atoms with Crippen molar-refractivity contribution in [1.29, 1.82) is 0 Å². The Morgan fingerprint density at radius 1 is 1.29 bits per heavy atom. The molecule has 21 heavy (non-hydrogen) atoms. The predicted octanol–water partition coefficient (Wildman–Crippen LogP) is 4.58. The minimum absolute atomic E-state index is 0.114. The largest absolute Gasteiger partial charge is 0.355 e. The van der Waals surface area contributed by atoms with Gasteiger partial charge in [0.15, 0.2) is 0 Å². The molecule has 0 atom stereocenters. The van der Waals surface area contributed by atoms with Crippen molar-refractivity contribution in [3.63, 3.8) is 0 Å². The Balaban J connectivity index is 1.59. The van der Waals surface area contributed by atoms with Crippen LogP contribution in [-0.2, 0) is 10.5 Å². The van der Waals surface area contributed by atoms with Gasteiger partial charge in [0.1, 0.15) is 0 Å². The average Bonchev–Trinajstić information content (AvgIpc) is 2.50. The molecule has 1 aliphatic rings. The topological polar surface area (TPSA) is 29.1 Å². The number of carbonyl (C=O) groups excluding carboxylic acids is 1. The quantitative estimate of drug-likeness (QED) is 0.744. The van der Waals surface area contributed by atoms with E-state index < -0.39 is 0 Å². The molecule has 0 aromatic heterocycles. The first-order chi connectivity index (χ1) is 10.3. The number of rotatable bonds is 7. The van der Waals surface area contributed by atoms with Gasteiger partial charge in [-0.15, -0.1) is 11.8 Å². The van der Waals surface area contributed by atoms with Crippen molar-refractivity contribution >= 4 is 29.3 Å². The van der Waals surface area contributed by atoms with Crippen molar-refractivity contribution in [2.45, 2.75) is 37.9 Å². The number of hydrogen-bond acceptors (Lipinski definition) is 2. The Morgan fingerprint density at radius 2 is 2.14 bits per heavy atom. The number of benzene rings is 1. The predicted molar refractivity (Wildman–Crippen MR) is 91.8 cm³/mol. The van der Waals surface area contributed by atoms with Crippen molar-refractivity contribution in [1.82, 2.24) is 5.32 Å². The summed E-state index contributed by atoms with van der Waals surface area (Å²) >= 11 is 7.69. The summed E-state index contributed by atoms with van der Waals surface area (Å²) < 4.78 is 0. The van der Waals surface area contributed by atoms with E-state index in [0.717, 1.165) is 29.3 Å². The molecule has 0 unspecified atom stereocenters.